The van der Waals surface area contributed by atoms with Crippen molar-refractivity contribution in [2.45, 2.75) is 24.8 Å². The lowest BCUT2D eigenvalue weighted by molar-refractivity contribution is -0.385. The Morgan fingerprint density at radius 1 is 1.00 bits per heavy atom. The lowest BCUT2D eigenvalue weighted by Gasteiger charge is -2.30. The Balaban J connectivity index is 1.50. The highest BCUT2D eigenvalue weighted by molar-refractivity contribution is 6.01. The predicted octanol–water partition coefficient (Wildman–Crippen LogP) is 5.31. The SMILES string of the molecule is COc1cccc([C@H]2CC(=O)C3=C(C2)Nc2ccccc2N[C@@H]3c2cc3c(cc2[N+](=O)[O-])OCO3)c1. The second-order valence-electron chi connectivity index (χ2n) is 8.97. The summed E-state index contributed by atoms with van der Waals surface area (Å²) in [6, 6.07) is 17.6. The van der Waals surface area contributed by atoms with Crippen LogP contribution in [-0.2, 0) is 4.79 Å². The molecule has 0 saturated heterocycles. The van der Waals surface area contributed by atoms with Crippen molar-refractivity contribution in [2.24, 2.45) is 0 Å². The van der Waals surface area contributed by atoms with Crippen molar-refractivity contribution in [3.8, 4) is 17.2 Å². The van der Waals surface area contributed by atoms with Gasteiger partial charge in [0.2, 0.25) is 6.79 Å². The van der Waals surface area contributed by atoms with Gasteiger partial charge in [0.1, 0.15) is 5.75 Å². The minimum Gasteiger partial charge on any atom is -0.497 e. The van der Waals surface area contributed by atoms with E-state index in [1.54, 1.807) is 13.2 Å². The zero-order valence-corrected chi connectivity index (χ0v) is 19.4. The summed E-state index contributed by atoms with van der Waals surface area (Å²) >= 11 is 0. The number of fused-ring (bicyclic) bond motifs is 2. The second kappa shape index (κ2) is 8.60. The van der Waals surface area contributed by atoms with Crippen LogP contribution in [0.2, 0.25) is 0 Å². The summed E-state index contributed by atoms with van der Waals surface area (Å²) in [5, 5.41) is 19.0. The minimum absolute atomic E-state index is 0.00643. The Morgan fingerprint density at radius 2 is 1.78 bits per heavy atom. The number of para-hydroxylation sites is 2. The van der Waals surface area contributed by atoms with Crippen LogP contribution in [-0.4, -0.2) is 24.6 Å². The topological polar surface area (TPSA) is 112 Å². The van der Waals surface area contributed by atoms with Crippen LogP contribution in [0, 0.1) is 10.1 Å². The van der Waals surface area contributed by atoms with Crippen LogP contribution in [0.4, 0.5) is 17.1 Å². The molecule has 0 radical (unpaired) electrons. The fourth-order valence-corrected chi connectivity index (χ4v) is 5.19. The Hall–Kier alpha value is -4.53. The number of ether oxygens (including phenoxy) is 3. The van der Waals surface area contributed by atoms with Gasteiger partial charge in [-0.1, -0.05) is 24.3 Å². The average molecular weight is 485 g/mol. The van der Waals surface area contributed by atoms with Crippen LogP contribution < -0.4 is 24.8 Å². The molecule has 0 bridgehead atoms. The Bertz CT molecular complexity index is 1430. The van der Waals surface area contributed by atoms with E-state index in [1.807, 2.05) is 48.5 Å². The molecule has 36 heavy (non-hydrogen) atoms. The van der Waals surface area contributed by atoms with E-state index in [0.717, 1.165) is 28.4 Å². The third-order valence-corrected chi connectivity index (χ3v) is 6.90. The van der Waals surface area contributed by atoms with E-state index in [2.05, 4.69) is 10.6 Å². The quantitative estimate of drug-likeness (QED) is 0.378. The van der Waals surface area contributed by atoms with Gasteiger partial charge in [0.15, 0.2) is 17.3 Å². The molecule has 0 spiro atoms. The molecule has 0 saturated carbocycles. The molecule has 0 fully saturated rings. The van der Waals surface area contributed by atoms with Gasteiger partial charge in [0.25, 0.3) is 5.69 Å². The number of hydrogen-bond acceptors (Lipinski definition) is 8. The second-order valence-corrected chi connectivity index (χ2v) is 8.97. The number of nitro benzene ring substituents is 1. The first kappa shape index (κ1) is 22.0. The number of anilines is 2. The molecular weight excluding hydrogens is 462 g/mol. The van der Waals surface area contributed by atoms with Crippen LogP contribution in [0.25, 0.3) is 0 Å². The smallest absolute Gasteiger partial charge is 0.279 e. The van der Waals surface area contributed by atoms with Crippen molar-refractivity contribution < 1.29 is 23.9 Å². The van der Waals surface area contributed by atoms with E-state index in [0.29, 0.717) is 29.1 Å². The highest BCUT2D eigenvalue weighted by Gasteiger charge is 2.39. The number of ketones is 1. The lowest BCUT2D eigenvalue weighted by atomic mass is 9.78. The van der Waals surface area contributed by atoms with E-state index in [4.69, 9.17) is 14.2 Å². The lowest BCUT2D eigenvalue weighted by Crippen LogP contribution is -2.27. The molecule has 9 heteroatoms. The van der Waals surface area contributed by atoms with Gasteiger partial charge in [-0.3, -0.25) is 14.9 Å². The monoisotopic (exact) mass is 485 g/mol. The van der Waals surface area contributed by atoms with E-state index in [1.165, 1.54) is 6.07 Å². The summed E-state index contributed by atoms with van der Waals surface area (Å²) in [5.74, 6) is 1.34. The number of methoxy groups -OCH3 is 1. The number of carbonyl (C=O) groups excluding carboxylic acids is 1. The number of carbonyl (C=O) groups is 1. The van der Waals surface area contributed by atoms with Crippen LogP contribution >= 0.6 is 0 Å². The molecule has 2 heterocycles. The fourth-order valence-electron chi connectivity index (χ4n) is 5.19. The molecule has 3 aromatic carbocycles. The van der Waals surface area contributed by atoms with Crippen LogP contribution in [0.1, 0.15) is 35.9 Å². The molecular formula is C27H23N3O6. The van der Waals surface area contributed by atoms with Crippen molar-refractivity contribution in [3.05, 3.63) is 93.2 Å². The maximum absolute atomic E-state index is 13.8. The van der Waals surface area contributed by atoms with E-state index < -0.39 is 11.0 Å². The predicted molar refractivity (Wildman–Crippen MR) is 133 cm³/mol. The van der Waals surface area contributed by atoms with E-state index >= 15 is 0 Å². The fraction of sp³-hybridized carbons (Fsp3) is 0.222. The molecule has 0 unspecified atom stereocenters. The standard InChI is InChI=1S/C27H23N3O6/c1-34-17-6-4-5-15(9-17)16-10-21-26(23(31)11-16)27(29-20-8-3-2-7-19(20)28-21)18-12-24-25(36-14-35-24)13-22(18)30(32)33/h2-9,12-13,16,27-29H,10-11,14H2,1H3/t16-,27-/m1/s1. The normalized spacial score (nSPS) is 20.0. The third-order valence-electron chi connectivity index (χ3n) is 6.90. The van der Waals surface area contributed by atoms with Crippen LogP contribution in [0.5, 0.6) is 17.2 Å². The Morgan fingerprint density at radius 3 is 2.56 bits per heavy atom. The molecule has 2 atom stereocenters. The molecule has 9 nitrogen and oxygen atoms in total. The molecule has 2 N–H and O–H groups in total. The van der Waals surface area contributed by atoms with Crippen molar-refractivity contribution in [3.63, 3.8) is 0 Å². The van der Waals surface area contributed by atoms with Gasteiger partial charge < -0.3 is 24.8 Å². The minimum atomic E-state index is -0.746. The first-order chi connectivity index (χ1) is 17.5. The van der Waals surface area contributed by atoms with Gasteiger partial charge in [-0.25, -0.2) is 0 Å². The van der Waals surface area contributed by atoms with Crippen molar-refractivity contribution >= 4 is 22.8 Å². The van der Waals surface area contributed by atoms with Gasteiger partial charge in [-0.2, -0.15) is 0 Å². The van der Waals surface area contributed by atoms with Crippen LogP contribution in [0.3, 0.4) is 0 Å². The molecule has 6 rings (SSSR count). The number of hydrogen-bond donors (Lipinski definition) is 2. The van der Waals surface area contributed by atoms with Gasteiger partial charge in [0.05, 0.1) is 41.1 Å². The zero-order valence-electron chi connectivity index (χ0n) is 19.4. The summed E-state index contributed by atoms with van der Waals surface area (Å²) in [6.45, 7) is -0.00643. The summed E-state index contributed by atoms with van der Waals surface area (Å²) < 4.78 is 16.3. The maximum atomic E-state index is 13.8. The molecule has 3 aromatic rings. The van der Waals surface area contributed by atoms with Crippen LogP contribution in [0.15, 0.2) is 71.9 Å². The third kappa shape index (κ3) is 3.69. The molecule has 182 valence electrons. The van der Waals surface area contributed by atoms with Gasteiger partial charge >= 0.3 is 0 Å². The van der Waals surface area contributed by atoms with Crippen molar-refractivity contribution in [2.75, 3.05) is 24.5 Å². The first-order valence-electron chi connectivity index (χ1n) is 11.6. The van der Waals surface area contributed by atoms with Gasteiger partial charge in [-0.15, -0.1) is 0 Å². The first-order valence-corrected chi connectivity index (χ1v) is 11.6. The van der Waals surface area contributed by atoms with Gasteiger partial charge in [-0.05, 0) is 48.2 Å². The number of Topliss-reactive ketones (excluding diaryl/α,β-unsaturated/α-hetero) is 1. The summed E-state index contributed by atoms with van der Waals surface area (Å²) in [4.78, 5) is 25.4. The summed E-state index contributed by atoms with van der Waals surface area (Å²) in [7, 11) is 1.62. The molecule has 1 aliphatic carbocycles. The average Bonchev–Trinajstić information content (AvgIpc) is 3.28. The van der Waals surface area contributed by atoms with E-state index in [9.17, 15) is 14.9 Å². The summed E-state index contributed by atoms with van der Waals surface area (Å²) in [6.07, 6.45) is 0.847. The highest BCUT2D eigenvalue weighted by atomic mass is 16.7. The number of allylic oxidation sites excluding steroid dienone is 1. The Labute approximate surface area is 206 Å². The van der Waals surface area contributed by atoms with Crippen molar-refractivity contribution in [1.29, 1.82) is 0 Å². The molecule has 0 aromatic heterocycles. The number of rotatable bonds is 4. The maximum Gasteiger partial charge on any atom is 0.279 e. The largest absolute Gasteiger partial charge is 0.497 e. The number of nitro groups is 1. The number of nitrogens with zero attached hydrogens (tertiary/aromatic N) is 1. The molecule has 3 aliphatic rings. The molecule has 0 amide bonds. The highest BCUT2D eigenvalue weighted by Crippen LogP contribution is 2.48. The van der Waals surface area contributed by atoms with E-state index in [-0.39, 0.29) is 30.6 Å². The van der Waals surface area contributed by atoms with Gasteiger partial charge in [0, 0.05) is 17.7 Å². The Kier molecular flexibility index (Phi) is 5.25. The molecule has 2 aliphatic heterocycles. The van der Waals surface area contributed by atoms with Crippen molar-refractivity contribution in [1.82, 2.24) is 0 Å². The number of nitrogens with one attached hydrogen (secondary N) is 2. The summed E-state index contributed by atoms with van der Waals surface area (Å²) in [5.41, 5.74) is 4.01. The number of benzene rings is 3. The zero-order chi connectivity index (χ0) is 24.8.